The normalized spacial score (nSPS) is 10.7. The van der Waals surface area contributed by atoms with E-state index in [1.807, 2.05) is 30.3 Å². The summed E-state index contributed by atoms with van der Waals surface area (Å²) in [4.78, 5) is 30.4. The van der Waals surface area contributed by atoms with E-state index in [0.29, 0.717) is 29.1 Å². The number of benzene rings is 3. The van der Waals surface area contributed by atoms with Crippen LogP contribution < -0.4 is 20.3 Å². The number of ether oxygens (including phenoxy) is 2. The second-order valence-corrected chi connectivity index (χ2v) is 8.04. The van der Waals surface area contributed by atoms with Crippen molar-refractivity contribution in [2.24, 2.45) is 0 Å². The topological polar surface area (TPSA) is 83.7 Å². The molecule has 0 bridgehead atoms. The summed E-state index contributed by atoms with van der Waals surface area (Å²) < 4.78 is 24.1. The molecule has 0 aliphatic heterocycles. The number of halogens is 1. The van der Waals surface area contributed by atoms with Crippen LogP contribution in [0.15, 0.2) is 77.6 Å². The van der Waals surface area contributed by atoms with Gasteiger partial charge in [0.25, 0.3) is 5.56 Å². The van der Waals surface area contributed by atoms with E-state index in [1.54, 1.807) is 30.3 Å². The van der Waals surface area contributed by atoms with E-state index < -0.39 is 0 Å². The Hall–Kier alpha value is -4.33. The van der Waals surface area contributed by atoms with Gasteiger partial charge in [-0.25, -0.2) is 9.18 Å². The summed E-state index contributed by atoms with van der Waals surface area (Å²) in [5.41, 5.74) is 2.37. The number of amides is 2. The zero-order valence-electron chi connectivity index (χ0n) is 19.5. The summed E-state index contributed by atoms with van der Waals surface area (Å²) in [5.74, 6) is 0.674. The van der Waals surface area contributed by atoms with E-state index in [-0.39, 0.29) is 30.5 Å². The summed E-state index contributed by atoms with van der Waals surface area (Å²) in [6.45, 7) is 0.590. The molecule has 2 N–H and O–H groups in total. The number of carbonyl (C=O) groups excluding carboxylic acids is 1. The lowest BCUT2D eigenvalue weighted by atomic mass is 10.1. The van der Waals surface area contributed by atoms with Crippen molar-refractivity contribution in [1.82, 2.24) is 15.2 Å². The van der Waals surface area contributed by atoms with Crippen LogP contribution in [-0.4, -0.2) is 30.1 Å². The minimum Gasteiger partial charge on any atom is -0.493 e. The first-order chi connectivity index (χ1) is 17.0. The first-order valence-electron chi connectivity index (χ1n) is 11.1. The average molecular weight is 476 g/mol. The predicted octanol–water partition coefficient (Wildman–Crippen LogP) is 4.60. The fraction of sp³-hybridized carbons (Fsp3) is 0.185. The van der Waals surface area contributed by atoms with Gasteiger partial charge in [0, 0.05) is 30.1 Å². The third-order valence-electron chi connectivity index (χ3n) is 5.65. The SMILES string of the molecule is COc1cc2cc(CN(Cc3ccc(F)cc3)C(=O)NCc3ccccc3)c(=O)[nH]c2cc1OC. The Labute approximate surface area is 202 Å². The van der Waals surface area contributed by atoms with Crippen molar-refractivity contribution >= 4 is 16.9 Å². The molecule has 0 aliphatic carbocycles. The Kier molecular flexibility index (Phi) is 7.30. The third kappa shape index (κ3) is 5.78. The molecule has 3 aromatic carbocycles. The van der Waals surface area contributed by atoms with Crippen molar-refractivity contribution in [2.75, 3.05) is 14.2 Å². The highest BCUT2D eigenvalue weighted by molar-refractivity contribution is 5.83. The Bertz CT molecular complexity index is 1370. The molecule has 2 amide bonds. The molecule has 1 heterocycles. The molecular weight excluding hydrogens is 449 g/mol. The zero-order chi connectivity index (χ0) is 24.8. The Balaban J connectivity index is 1.63. The standard InChI is InChI=1S/C27H26FN3O4/c1-34-24-13-20-12-21(26(32)30-23(20)14-25(24)35-2)17-31(16-19-8-10-22(28)11-9-19)27(33)29-15-18-6-4-3-5-7-18/h3-14H,15-17H2,1-2H3,(H,29,33)(H,30,32). The number of fused-ring (bicyclic) bond motifs is 1. The number of hydrogen-bond donors (Lipinski definition) is 2. The number of hydrogen-bond acceptors (Lipinski definition) is 4. The zero-order valence-corrected chi connectivity index (χ0v) is 19.5. The molecule has 8 heteroatoms. The molecule has 1 aromatic heterocycles. The van der Waals surface area contributed by atoms with E-state index in [1.165, 1.54) is 31.3 Å². The highest BCUT2D eigenvalue weighted by Gasteiger charge is 2.18. The number of carbonyl (C=O) groups is 1. The Morgan fingerprint density at radius 1 is 0.914 bits per heavy atom. The molecule has 0 saturated carbocycles. The molecule has 0 aliphatic rings. The van der Waals surface area contributed by atoms with Crippen LogP contribution in [0.2, 0.25) is 0 Å². The summed E-state index contributed by atoms with van der Waals surface area (Å²) in [7, 11) is 3.06. The second kappa shape index (κ2) is 10.7. The quantitative estimate of drug-likeness (QED) is 0.390. The maximum absolute atomic E-state index is 13.4. The van der Waals surface area contributed by atoms with Crippen LogP contribution in [0.4, 0.5) is 9.18 Å². The van der Waals surface area contributed by atoms with Gasteiger partial charge in [0.2, 0.25) is 0 Å². The van der Waals surface area contributed by atoms with E-state index in [4.69, 9.17) is 9.47 Å². The Morgan fingerprint density at radius 3 is 2.29 bits per heavy atom. The van der Waals surface area contributed by atoms with Crippen molar-refractivity contribution in [3.05, 3.63) is 106 Å². The van der Waals surface area contributed by atoms with Crippen LogP contribution in [0.25, 0.3) is 10.9 Å². The number of aromatic nitrogens is 1. The second-order valence-electron chi connectivity index (χ2n) is 8.04. The van der Waals surface area contributed by atoms with Gasteiger partial charge in [-0.2, -0.15) is 0 Å². The number of nitrogens with zero attached hydrogens (tertiary/aromatic N) is 1. The number of urea groups is 1. The lowest BCUT2D eigenvalue weighted by Crippen LogP contribution is -2.39. The van der Waals surface area contributed by atoms with Gasteiger partial charge in [-0.15, -0.1) is 0 Å². The molecule has 35 heavy (non-hydrogen) atoms. The van der Waals surface area contributed by atoms with Crippen LogP contribution in [-0.2, 0) is 19.6 Å². The molecule has 7 nitrogen and oxygen atoms in total. The van der Waals surface area contributed by atoms with Gasteiger partial charge in [-0.3, -0.25) is 4.79 Å². The highest BCUT2D eigenvalue weighted by Crippen LogP contribution is 2.31. The smallest absolute Gasteiger partial charge is 0.318 e. The number of pyridine rings is 1. The summed E-state index contributed by atoms with van der Waals surface area (Å²) in [6, 6.07) is 20.3. The number of methoxy groups -OCH3 is 2. The number of aromatic amines is 1. The predicted molar refractivity (Wildman–Crippen MR) is 132 cm³/mol. The maximum atomic E-state index is 13.4. The fourth-order valence-electron chi connectivity index (χ4n) is 3.80. The Morgan fingerprint density at radius 2 is 1.60 bits per heavy atom. The highest BCUT2D eigenvalue weighted by atomic mass is 19.1. The van der Waals surface area contributed by atoms with Crippen molar-refractivity contribution < 1.29 is 18.7 Å². The molecule has 0 unspecified atom stereocenters. The molecule has 4 aromatic rings. The number of H-pyrrole nitrogens is 1. The minimum atomic E-state index is -0.357. The largest absolute Gasteiger partial charge is 0.493 e. The number of rotatable bonds is 8. The fourth-order valence-corrected chi connectivity index (χ4v) is 3.80. The molecule has 0 atom stereocenters. The van der Waals surface area contributed by atoms with Crippen molar-refractivity contribution in [2.45, 2.75) is 19.6 Å². The van der Waals surface area contributed by atoms with Crippen LogP contribution >= 0.6 is 0 Å². The van der Waals surface area contributed by atoms with Gasteiger partial charge in [0.05, 0.1) is 26.3 Å². The van der Waals surface area contributed by atoms with E-state index in [0.717, 1.165) is 16.5 Å². The van der Waals surface area contributed by atoms with Gasteiger partial charge in [0.1, 0.15) is 5.82 Å². The molecule has 0 spiro atoms. The van der Waals surface area contributed by atoms with Gasteiger partial charge in [-0.05, 0) is 35.4 Å². The molecule has 0 fully saturated rings. The van der Waals surface area contributed by atoms with Gasteiger partial charge < -0.3 is 24.7 Å². The summed E-state index contributed by atoms with van der Waals surface area (Å²) in [6.07, 6.45) is 0. The molecule has 0 saturated heterocycles. The van der Waals surface area contributed by atoms with Crippen molar-refractivity contribution in [3.63, 3.8) is 0 Å². The van der Waals surface area contributed by atoms with Gasteiger partial charge >= 0.3 is 6.03 Å². The molecule has 180 valence electrons. The summed E-state index contributed by atoms with van der Waals surface area (Å²) >= 11 is 0. The van der Waals surface area contributed by atoms with Crippen LogP contribution in [0.5, 0.6) is 11.5 Å². The first-order valence-corrected chi connectivity index (χ1v) is 11.1. The van der Waals surface area contributed by atoms with Gasteiger partial charge in [-0.1, -0.05) is 42.5 Å². The average Bonchev–Trinajstić information content (AvgIpc) is 2.88. The maximum Gasteiger partial charge on any atom is 0.318 e. The molecule has 4 rings (SSSR count). The van der Waals surface area contributed by atoms with Crippen molar-refractivity contribution in [3.8, 4) is 11.5 Å². The lowest BCUT2D eigenvalue weighted by Gasteiger charge is -2.23. The minimum absolute atomic E-state index is 0.0532. The van der Waals surface area contributed by atoms with Crippen molar-refractivity contribution in [1.29, 1.82) is 0 Å². The first kappa shape index (κ1) is 23.8. The number of nitrogens with one attached hydrogen (secondary N) is 2. The molecule has 0 radical (unpaired) electrons. The summed E-state index contributed by atoms with van der Waals surface area (Å²) in [5, 5.41) is 3.64. The van der Waals surface area contributed by atoms with E-state index in [2.05, 4.69) is 10.3 Å². The van der Waals surface area contributed by atoms with Gasteiger partial charge in [0.15, 0.2) is 11.5 Å². The van der Waals surface area contributed by atoms with E-state index in [9.17, 15) is 14.0 Å². The van der Waals surface area contributed by atoms with Crippen LogP contribution in [0.1, 0.15) is 16.7 Å². The monoisotopic (exact) mass is 475 g/mol. The third-order valence-corrected chi connectivity index (χ3v) is 5.65. The van der Waals surface area contributed by atoms with Crippen LogP contribution in [0.3, 0.4) is 0 Å². The molecular formula is C27H26FN3O4. The lowest BCUT2D eigenvalue weighted by molar-refractivity contribution is 0.191. The van der Waals surface area contributed by atoms with E-state index >= 15 is 0 Å². The van der Waals surface area contributed by atoms with Crippen LogP contribution in [0, 0.1) is 5.82 Å².